The molecule has 3 heterocycles. The van der Waals surface area contributed by atoms with Gasteiger partial charge >= 0.3 is 0 Å². The largest absolute Gasteiger partial charge is 0.372 e. The van der Waals surface area contributed by atoms with Crippen LogP contribution in [0.2, 0.25) is 0 Å². The maximum atomic E-state index is 5.96. The Kier molecular flexibility index (Phi) is 5.05. The van der Waals surface area contributed by atoms with Crippen molar-refractivity contribution in [1.82, 2.24) is 14.9 Å². The van der Waals surface area contributed by atoms with E-state index in [2.05, 4.69) is 65.2 Å². The van der Waals surface area contributed by atoms with Crippen molar-refractivity contribution in [1.29, 1.82) is 0 Å². The molecule has 0 aliphatic carbocycles. The first-order chi connectivity index (χ1) is 12.7. The van der Waals surface area contributed by atoms with E-state index in [0.717, 1.165) is 38.2 Å². The number of nitrogens with zero attached hydrogens (tertiary/aromatic N) is 2. The number of fused-ring (bicyclic) bond motifs is 1. The average molecular weight is 349 g/mol. The van der Waals surface area contributed by atoms with Crippen molar-refractivity contribution in [3.8, 4) is 0 Å². The lowest BCUT2D eigenvalue weighted by molar-refractivity contribution is 0.108. The highest BCUT2D eigenvalue weighted by Crippen LogP contribution is 2.34. The summed E-state index contributed by atoms with van der Waals surface area (Å²) in [6.07, 6.45) is 4.25. The number of pyridine rings is 1. The van der Waals surface area contributed by atoms with E-state index in [1.165, 1.54) is 22.2 Å². The number of ether oxygens (including phenoxy) is 1. The molecule has 26 heavy (non-hydrogen) atoms. The van der Waals surface area contributed by atoms with Crippen LogP contribution < -0.4 is 0 Å². The number of hydrogen-bond donors (Lipinski definition) is 1. The van der Waals surface area contributed by atoms with E-state index in [0.29, 0.717) is 5.92 Å². The second-order valence-corrected chi connectivity index (χ2v) is 7.43. The Hall–Kier alpha value is -2.17. The Morgan fingerprint density at radius 3 is 2.85 bits per heavy atom. The average Bonchev–Trinajstić information content (AvgIpc) is 3.31. The first-order valence-electron chi connectivity index (χ1n) is 9.53. The fourth-order valence-electron chi connectivity index (χ4n) is 4.04. The molecule has 4 heteroatoms. The molecule has 1 aromatic carbocycles. The minimum absolute atomic E-state index is 0.180. The molecule has 1 N–H and O–H groups in total. The van der Waals surface area contributed by atoms with Crippen molar-refractivity contribution in [3.05, 3.63) is 65.5 Å². The third kappa shape index (κ3) is 3.53. The highest BCUT2D eigenvalue weighted by molar-refractivity contribution is 5.81. The number of aromatic nitrogens is 2. The van der Waals surface area contributed by atoms with E-state index in [4.69, 9.17) is 4.74 Å². The second-order valence-electron chi connectivity index (χ2n) is 7.43. The molecule has 1 fully saturated rings. The van der Waals surface area contributed by atoms with E-state index < -0.39 is 0 Å². The van der Waals surface area contributed by atoms with Gasteiger partial charge in [0.2, 0.25) is 0 Å². The van der Waals surface area contributed by atoms with Gasteiger partial charge in [-0.25, -0.2) is 4.98 Å². The van der Waals surface area contributed by atoms with Crippen molar-refractivity contribution in [3.63, 3.8) is 0 Å². The lowest BCUT2D eigenvalue weighted by Gasteiger charge is -2.23. The van der Waals surface area contributed by atoms with Gasteiger partial charge in [0.25, 0.3) is 0 Å². The standard InChI is InChI=1S/C22H27N3O/c1-16(17-8-4-3-5-9-17)14-25(2)15-19-18-10-6-12-23-22(18)24-21(19)20-11-7-13-26-20/h3-6,8-10,12,16,20H,7,11,13-15H2,1-2H3,(H,23,24)/t16-,20-/m0/s1. The molecule has 2 aromatic heterocycles. The lowest BCUT2D eigenvalue weighted by Crippen LogP contribution is -2.23. The van der Waals surface area contributed by atoms with Gasteiger partial charge in [0, 0.05) is 31.3 Å². The zero-order chi connectivity index (χ0) is 17.9. The van der Waals surface area contributed by atoms with Crippen LogP contribution in [0.25, 0.3) is 11.0 Å². The fourth-order valence-corrected chi connectivity index (χ4v) is 4.04. The number of H-pyrrole nitrogens is 1. The molecule has 1 aliphatic heterocycles. The van der Waals surface area contributed by atoms with Crippen molar-refractivity contribution >= 4 is 11.0 Å². The lowest BCUT2D eigenvalue weighted by atomic mass is 10.0. The Balaban J connectivity index is 1.56. The number of aromatic amines is 1. The van der Waals surface area contributed by atoms with Gasteiger partial charge in [0.1, 0.15) is 5.65 Å². The summed E-state index contributed by atoms with van der Waals surface area (Å²) in [5, 5.41) is 1.22. The van der Waals surface area contributed by atoms with Crippen LogP contribution in [0.5, 0.6) is 0 Å². The van der Waals surface area contributed by atoms with Crippen LogP contribution in [-0.2, 0) is 11.3 Å². The van der Waals surface area contributed by atoms with E-state index >= 15 is 0 Å². The van der Waals surface area contributed by atoms with Crippen LogP contribution in [0.3, 0.4) is 0 Å². The summed E-state index contributed by atoms with van der Waals surface area (Å²) in [7, 11) is 2.20. The monoisotopic (exact) mass is 349 g/mol. The normalized spacial score (nSPS) is 18.7. The zero-order valence-electron chi connectivity index (χ0n) is 15.6. The fraction of sp³-hybridized carbons (Fsp3) is 0.409. The van der Waals surface area contributed by atoms with Gasteiger partial charge in [-0.05, 0) is 49.1 Å². The SMILES string of the molecule is C[C@@H](CN(C)Cc1c([C@@H]2CCCO2)[nH]c2ncccc12)c1ccccc1. The minimum Gasteiger partial charge on any atom is -0.372 e. The number of benzene rings is 1. The predicted octanol–water partition coefficient (Wildman–Crippen LogP) is 4.65. The number of hydrogen-bond acceptors (Lipinski definition) is 3. The van der Waals surface area contributed by atoms with Crippen LogP contribution in [0.15, 0.2) is 48.7 Å². The highest BCUT2D eigenvalue weighted by atomic mass is 16.5. The van der Waals surface area contributed by atoms with Gasteiger partial charge in [-0.1, -0.05) is 37.3 Å². The first kappa shape index (κ1) is 17.3. The Bertz CT molecular complexity index is 852. The molecular weight excluding hydrogens is 322 g/mol. The van der Waals surface area contributed by atoms with Gasteiger partial charge < -0.3 is 14.6 Å². The molecule has 1 aliphatic rings. The predicted molar refractivity (Wildman–Crippen MR) is 105 cm³/mol. The van der Waals surface area contributed by atoms with Crippen LogP contribution in [0, 0.1) is 0 Å². The Labute approximate surface area is 155 Å². The van der Waals surface area contributed by atoms with Gasteiger partial charge in [-0.15, -0.1) is 0 Å². The molecule has 0 radical (unpaired) electrons. The van der Waals surface area contributed by atoms with E-state index in [1.807, 2.05) is 12.3 Å². The Morgan fingerprint density at radius 1 is 1.23 bits per heavy atom. The third-order valence-corrected chi connectivity index (χ3v) is 5.34. The maximum absolute atomic E-state index is 5.96. The summed E-state index contributed by atoms with van der Waals surface area (Å²) in [5.74, 6) is 0.496. The van der Waals surface area contributed by atoms with Crippen LogP contribution in [-0.4, -0.2) is 35.1 Å². The molecule has 1 saturated heterocycles. The topological polar surface area (TPSA) is 41.1 Å². The summed E-state index contributed by atoms with van der Waals surface area (Å²) in [4.78, 5) is 10.5. The Morgan fingerprint density at radius 2 is 2.08 bits per heavy atom. The number of likely N-dealkylation sites (N-methyl/N-ethyl adjacent to an activating group) is 1. The van der Waals surface area contributed by atoms with Gasteiger partial charge in [-0.2, -0.15) is 0 Å². The summed E-state index contributed by atoms with van der Waals surface area (Å²) >= 11 is 0. The summed E-state index contributed by atoms with van der Waals surface area (Å²) < 4.78 is 5.96. The molecule has 0 spiro atoms. The number of rotatable bonds is 6. The molecule has 0 bridgehead atoms. The van der Waals surface area contributed by atoms with E-state index in [-0.39, 0.29) is 6.10 Å². The van der Waals surface area contributed by atoms with Crippen LogP contribution in [0.4, 0.5) is 0 Å². The van der Waals surface area contributed by atoms with Crippen molar-refractivity contribution < 1.29 is 4.74 Å². The smallest absolute Gasteiger partial charge is 0.137 e. The molecule has 0 saturated carbocycles. The molecule has 0 unspecified atom stereocenters. The summed E-state index contributed by atoms with van der Waals surface area (Å²) in [6.45, 7) is 5.07. The van der Waals surface area contributed by atoms with Gasteiger partial charge in [0.15, 0.2) is 0 Å². The molecule has 4 nitrogen and oxygen atoms in total. The molecular formula is C22H27N3O. The van der Waals surface area contributed by atoms with E-state index in [1.54, 1.807) is 0 Å². The molecule has 136 valence electrons. The number of nitrogens with one attached hydrogen (secondary N) is 1. The molecule has 3 aromatic rings. The zero-order valence-corrected chi connectivity index (χ0v) is 15.6. The molecule has 0 amide bonds. The second kappa shape index (κ2) is 7.60. The van der Waals surface area contributed by atoms with E-state index in [9.17, 15) is 0 Å². The van der Waals surface area contributed by atoms with Gasteiger partial charge in [0.05, 0.1) is 11.8 Å². The summed E-state index contributed by atoms with van der Waals surface area (Å²) in [6, 6.07) is 14.9. The van der Waals surface area contributed by atoms with Crippen molar-refractivity contribution in [2.45, 2.75) is 38.3 Å². The van der Waals surface area contributed by atoms with Crippen molar-refractivity contribution in [2.24, 2.45) is 0 Å². The first-order valence-corrected chi connectivity index (χ1v) is 9.53. The molecule has 4 rings (SSSR count). The van der Waals surface area contributed by atoms with Crippen LogP contribution >= 0.6 is 0 Å². The third-order valence-electron chi connectivity index (χ3n) is 5.34. The maximum Gasteiger partial charge on any atom is 0.137 e. The minimum atomic E-state index is 0.180. The summed E-state index contributed by atoms with van der Waals surface area (Å²) in [5.41, 5.74) is 4.91. The highest BCUT2D eigenvalue weighted by Gasteiger charge is 2.25. The van der Waals surface area contributed by atoms with Gasteiger partial charge in [-0.3, -0.25) is 0 Å². The quantitative estimate of drug-likeness (QED) is 0.704. The molecule has 2 atom stereocenters. The van der Waals surface area contributed by atoms with Crippen LogP contribution in [0.1, 0.15) is 48.6 Å². The van der Waals surface area contributed by atoms with Crippen molar-refractivity contribution in [2.75, 3.05) is 20.2 Å².